The van der Waals surface area contributed by atoms with E-state index in [2.05, 4.69) is 22.9 Å². The Kier molecular flexibility index (Phi) is 6.16. The fraction of sp³-hybridized carbons (Fsp3) is 0.500. The molecule has 0 aliphatic rings. The van der Waals surface area contributed by atoms with Gasteiger partial charge in [0.25, 0.3) is 0 Å². The Morgan fingerprint density at radius 2 is 1.82 bits per heavy atom. The Morgan fingerprint density at radius 1 is 1.18 bits per heavy atom. The predicted molar refractivity (Wildman–Crippen MR) is 73.9 cm³/mol. The predicted octanol–water partition coefficient (Wildman–Crippen LogP) is 2.87. The summed E-state index contributed by atoms with van der Waals surface area (Å²) in [6.07, 6.45) is 1.88. The van der Waals surface area contributed by atoms with Gasteiger partial charge in [0.15, 0.2) is 0 Å². The van der Waals surface area contributed by atoms with Crippen LogP contribution >= 0.6 is 15.9 Å². The van der Waals surface area contributed by atoms with E-state index in [4.69, 9.17) is 0 Å². The highest BCUT2D eigenvalue weighted by Crippen LogP contribution is 2.15. The number of alkyl halides is 1. The third kappa shape index (κ3) is 4.08. The van der Waals surface area contributed by atoms with Crippen molar-refractivity contribution < 1.29 is 8.42 Å². The van der Waals surface area contributed by atoms with Gasteiger partial charge in [-0.25, -0.2) is 8.42 Å². The van der Waals surface area contributed by atoms with E-state index < -0.39 is 10.0 Å². The lowest BCUT2D eigenvalue weighted by Gasteiger charge is -2.21. The number of unbranched alkanes of at least 4 members (excludes halogenated alkanes) is 1. The molecule has 17 heavy (non-hydrogen) atoms. The highest BCUT2D eigenvalue weighted by Gasteiger charge is 2.22. The van der Waals surface area contributed by atoms with Crippen molar-refractivity contribution in [1.29, 1.82) is 0 Å². The van der Waals surface area contributed by atoms with Crippen molar-refractivity contribution in [3.63, 3.8) is 0 Å². The van der Waals surface area contributed by atoms with Crippen molar-refractivity contribution in [3.8, 4) is 0 Å². The summed E-state index contributed by atoms with van der Waals surface area (Å²) in [5.41, 5.74) is 0. The summed E-state index contributed by atoms with van der Waals surface area (Å²) >= 11 is 3.30. The van der Waals surface area contributed by atoms with Crippen molar-refractivity contribution in [2.24, 2.45) is 0 Å². The van der Waals surface area contributed by atoms with Gasteiger partial charge in [0.2, 0.25) is 10.0 Å². The normalized spacial score (nSPS) is 11.9. The first-order valence-electron chi connectivity index (χ1n) is 5.74. The lowest BCUT2D eigenvalue weighted by atomic mass is 10.3. The van der Waals surface area contributed by atoms with Crippen LogP contribution in [0, 0.1) is 0 Å². The molecule has 0 aliphatic carbocycles. The Balaban J connectivity index is 2.92. The van der Waals surface area contributed by atoms with E-state index in [0.29, 0.717) is 23.3 Å². The van der Waals surface area contributed by atoms with Crippen molar-refractivity contribution in [1.82, 2.24) is 4.31 Å². The van der Waals surface area contributed by atoms with E-state index in [1.54, 1.807) is 28.6 Å². The molecule has 0 bridgehead atoms. The molecule has 0 N–H and O–H groups in total. The topological polar surface area (TPSA) is 37.4 Å². The van der Waals surface area contributed by atoms with Gasteiger partial charge >= 0.3 is 0 Å². The molecular formula is C12H18BrNO2S. The largest absolute Gasteiger partial charge is 0.243 e. The Labute approximate surface area is 112 Å². The minimum absolute atomic E-state index is 0.372. The van der Waals surface area contributed by atoms with Crippen LogP contribution in [0.4, 0.5) is 0 Å². The highest BCUT2D eigenvalue weighted by atomic mass is 79.9. The van der Waals surface area contributed by atoms with E-state index in [1.807, 2.05) is 6.07 Å². The fourth-order valence-corrected chi connectivity index (χ4v) is 3.69. The zero-order chi connectivity index (χ0) is 12.7. The van der Waals surface area contributed by atoms with Crippen LogP contribution in [0.3, 0.4) is 0 Å². The minimum Gasteiger partial charge on any atom is -0.207 e. The van der Waals surface area contributed by atoms with E-state index in [1.165, 1.54) is 0 Å². The number of hydrogen-bond donors (Lipinski definition) is 0. The van der Waals surface area contributed by atoms with Gasteiger partial charge in [-0.2, -0.15) is 4.31 Å². The zero-order valence-corrected chi connectivity index (χ0v) is 12.4. The molecule has 0 saturated heterocycles. The Bertz CT molecular complexity index is 419. The number of rotatable bonds is 7. The van der Waals surface area contributed by atoms with Crippen LogP contribution in [0.2, 0.25) is 0 Å². The van der Waals surface area contributed by atoms with E-state index in [0.717, 1.165) is 12.8 Å². The summed E-state index contributed by atoms with van der Waals surface area (Å²) in [7, 11) is -3.33. The molecular weight excluding hydrogens is 302 g/mol. The first-order chi connectivity index (χ1) is 8.12. The summed E-state index contributed by atoms with van der Waals surface area (Å²) < 4.78 is 26.2. The average Bonchev–Trinajstić information content (AvgIpc) is 2.35. The molecule has 0 unspecified atom stereocenters. The lowest BCUT2D eigenvalue weighted by Crippen LogP contribution is -2.33. The van der Waals surface area contributed by atoms with Crippen molar-refractivity contribution in [2.45, 2.75) is 24.7 Å². The smallest absolute Gasteiger partial charge is 0.207 e. The van der Waals surface area contributed by atoms with Crippen molar-refractivity contribution in [3.05, 3.63) is 30.3 Å². The van der Waals surface area contributed by atoms with Crippen LogP contribution in [0.15, 0.2) is 35.2 Å². The monoisotopic (exact) mass is 319 g/mol. The third-order valence-corrected chi connectivity index (χ3v) is 4.74. The van der Waals surface area contributed by atoms with Crippen LogP contribution in [0.25, 0.3) is 0 Å². The van der Waals surface area contributed by atoms with Crippen LogP contribution in [-0.4, -0.2) is 31.1 Å². The molecule has 1 aromatic carbocycles. The summed E-state index contributed by atoms with van der Waals surface area (Å²) in [5, 5.41) is 0.656. The summed E-state index contributed by atoms with van der Waals surface area (Å²) in [6.45, 7) is 3.15. The Hall–Kier alpha value is -0.390. The number of nitrogens with zero attached hydrogens (tertiary/aromatic N) is 1. The number of hydrogen-bond acceptors (Lipinski definition) is 2. The van der Waals surface area contributed by atoms with E-state index in [-0.39, 0.29) is 0 Å². The molecule has 0 amide bonds. The maximum absolute atomic E-state index is 12.3. The molecule has 5 heteroatoms. The quantitative estimate of drug-likeness (QED) is 0.725. The van der Waals surface area contributed by atoms with E-state index >= 15 is 0 Å². The average molecular weight is 320 g/mol. The first-order valence-corrected chi connectivity index (χ1v) is 8.30. The maximum Gasteiger partial charge on any atom is 0.243 e. The van der Waals surface area contributed by atoms with Crippen LogP contribution < -0.4 is 0 Å². The molecule has 0 saturated carbocycles. The molecule has 1 rings (SSSR count). The summed E-state index contributed by atoms with van der Waals surface area (Å²) in [4.78, 5) is 0.372. The van der Waals surface area contributed by atoms with E-state index in [9.17, 15) is 8.42 Å². The second-order valence-corrected chi connectivity index (χ2v) is 6.49. The second kappa shape index (κ2) is 7.13. The molecule has 3 nitrogen and oxygen atoms in total. The summed E-state index contributed by atoms with van der Waals surface area (Å²) in [5.74, 6) is 0. The highest BCUT2D eigenvalue weighted by molar-refractivity contribution is 9.09. The molecule has 0 spiro atoms. The minimum atomic E-state index is -3.33. The summed E-state index contributed by atoms with van der Waals surface area (Å²) in [6, 6.07) is 8.60. The molecule has 96 valence electrons. The van der Waals surface area contributed by atoms with Gasteiger partial charge in [-0.15, -0.1) is 0 Å². The number of benzene rings is 1. The van der Waals surface area contributed by atoms with Gasteiger partial charge in [0.1, 0.15) is 0 Å². The standard InChI is InChI=1S/C12H18BrNO2S/c1-2-3-10-14(11-9-13)17(15,16)12-7-5-4-6-8-12/h4-8H,2-3,9-11H2,1H3. The third-order valence-electron chi connectivity index (χ3n) is 2.48. The SMILES string of the molecule is CCCCN(CCBr)S(=O)(=O)c1ccccc1. The molecule has 0 aromatic heterocycles. The van der Waals surface area contributed by atoms with Gasteiger partial charge in [-0.1, -0.05) is 47.5 Å². The van der Waals surface area contributed by atoms with Gasteiger partial charge < -0.3 is 0 Å². The van der Waals surface area contributed by atoms with Crippen LogP contribution in [0.5, 0.6) is 0 Å². The van der Waals surface area contributed by atoms with Gasteiger partial charge in [0, 0.05) is 18.4 Å². The van der Waals surface area contributed by atoms with Gasteiger partial charge in [-0.05, 0) is 18.6 Å². The maximum atomic E-state index is 12.3. The molecule has 0 atom stereocenters. The second-order valence-electron chi connectivity index (χ2n) is 3.76. The molecule has 0 radical (unpaired) electrons. The lowest BCUT2D eigenvalue weighted by molar-refractivity contribution is 0.422. The van der Waals surface area contributed by atoms with Crippen molar-refractivity contribution >= 4 is 26.0 Å². The zero-order valence-electron chi connectivity index (χ0n) is 9.97. The van der Waals surface area contributed by atoms with Crippen LogP contribution in [0.1, 0.15) is 19.8 Å². The van der Waals surface area contributed by atoms with Gasteiger partial charge in [-0.3, -0.25) is 0 Å². The molecule has 0 fully saturated rings. The van der Waals surface area contributed by atoms with Gasteiger partial charge in [0.05, 0.1) is 4.90 Å². The molecule has 0 heterocycles. The van der Waals surface area contributed by atoms with Crippen LogP contribution in [-0.2, 0) is 10.0 Å². The Morgan fingerprint density at radius 3 is 2.35 bits per heavy atom. The number of sulfonamides is 1. The number of halogens is 1. The molecule has 0 aliphatic heterocycles. The van der Waals surface area contributed by atoms with Crippen molar-refractivity contribution in [2.75, 3.05) is 18.4 Å². The molecule has 1 aromatic rings. The first kappa shape index (κ1) is 14.7. The fourth-order valence-electron chi connectivity index (χ4n) is 1.52.